The van der Waals surface area contributed by atoms with Gasteiger partial charge in [-0.15, -0.1) is 0 Å². The van der Waals surface area contributed by atoms with Crippen LogP contribution >= 0.6 is 0 Å². The number of hydrogen-bond acceptors (Lipinski definition) is 2. The van der Waals surface area contributed by atoms with Crippen LogP contribution in [0, 0.1) is 12.3 Å². The van der Waals surface area contributed by atoms with Crippen molar-refractivity contribution in [3.05, 3.63) is 41.1 Å². The summed E-state index contributed by atoms with van der Waals surface area (Å²) in [6.45, 7) is 11.7. The van der Waals surface area contributed by atoms with Crippen LogP contribution in [-0.2, 0) is 6.42 Å². The first-order chi connectivity index (χ1) is 9.32. The van der Waals surface area contributed by atoms with E-state index in [0.29, 0.717) is 12.5 Å². The van der Waals surface area contributed by atoms with Crippen molar-refractivity contribution in [1.29, 1.82) is 0 Å². The SMILES string of the molecule is Cc1cc(CC(C)(C)CN)c2cc(C(C)C)ccc2n1. The third-order valence-corrected chi connectivity index (χ3v) is 3.93. The molecule has 0 spiro atoms. The van der Waals surface area contributed by atoms with Crippen LogP contribution in [0.15, 0.2) is 24.3 Å². The molecule has 0 fully saturated rings. The Balaban J connectivity index is 2.59. The van der Waals surface area contributed by atoms with Crippen LogP contribution in [-0.4, -0.2) is 11.5 Å². The Morgan fingerprint density at radius 1 is 1.20 bits per heavy atom. The zero-order valence-corrected chi connectivity index (χ0v) is 13.3. The fourth-order valence-corrected chi connectivity index (χ4v) is 2.55. The molecule has 2 nitrogen and oxygen atoms in total. The molecule has 0 unspecified atom stereocenters. The number of aryl methyl sites for hydroxylation is 1. The van der Waals surface area contributed by atoms with Crippen LogP contribution < -0.4 is 5.73 Å². The summed E-state index contributed by atoms with van der Waals surface area (Å²) in [4.78, 5) is 4.66. The summed E-state index contributed by atoms with van der Waals surface area (Å²) in [5.74, 6) is 0.538. The highest BCUT2D eigenvalue weighted by Crippen LogP contribution is 2.28. The number of fused-ring (bicyclic) bond motifs is 1. The van der Waals surface area contributed by atoms with Gasteiger partial charge in [-0.25, -0.2) is 0 Å². The van der Waals surface area contributed by atoms with Gasteiger partial charge in [-0.05, 0) is 60.5 Å². The van der Waals surface area contributed by atoms with Crippen molar-refractivity contribution in [3.63, 3.8) is 0 Å². The first-order valence-corrected chi connectivity index (χ1v) is 7.42. The minimum absolute atomic E-state index is 0.120. The summed E-state index contributed by atoms with van der Waals surface area (Å²) in [5, 5.41) is 1.28. The van der Waals surface area contributed by atoms with Crippen molar-refractivity contribution in [2.45, 2.75) is 47.0 Å². The second-order valence-corrected chi connectivity index (χ2v) is 6.90. The van der Waals surface area contributed by atoms with Gasteiger partial charge in [0.1, 0.15) is 0 Å². The number of nitrogens with two attached hydrogens (primary N) is 1. The molecule has 1 aromatic heterocycles. The molecule has 0 aliphatic rings. The molecule has 20 heavy (non-hydrogen) atoms. The van der Waals surface area contributed by atoms with E-state index < -0.39 is 0 Å². The molecule has 0 aliphatic heterocycles. The maximum atomic E-state index is 5.90. The standard InChI is InChI=1S/C18H26N2/c1-12(2)14-6-7-17-16(9-14)15(8-13(3)20-17)10-18(4,5)11-19/h6-9,12H,10-11,19H2,1-5H3. The van der Waals surface area contributed by atoms with Crippen LogP contribution in [0.5, 0.6) is 0 Å². The second kappa shape index (κ2) is 5.53. The van der Waals surface area contributed by atoms with Crippen molar-refractivity contribution in [3.8, 4) is 0 Å². The van der Waals surface area contributed by atoms with Gasteiger partial charge in [-0.2, -0.15) is 0 Å². The number of pyridine rings is 1. The lowest BCUT2D eigenvalue weighted by molar-refractivity contribution is 0.378. The van der Waals surface area contributed by atoms with E-state index in [0.717, 1.165) is 17.6 Å². The largest absolute Gasteiger partial charge is 0.330 e. The van der Waals surface area contributed by atoms with Crippen LogP contribution in [0.2, 0.25) is 0 Å². The van der Waals surface area contributed by atoms with Gasteiger partial charge in [0.2, 0.25) is 0 Å². The van der Waals surface area contributed by atoms with E-state index in [2.05, 4.69) is 63.9 Å². The predicted octanol–water partition coefficient (Wildman–Crippen LogP) is 4.19. The van der Waals surface area contributed by atoms with Gasteiger partial charge in [0.25, 0.3) is 0 Å². The number of hydrogen-bond donors (Lipinski definition) is 1. The van der Waals surface area contributed by atoms with E-state index in [9.17, 15) is 0 Å². The molecule has 0 saturated carbocycles. The third kappa shape index (κ3) is 3.18. The first-order valence-electron chi connectivity index (χ1n) is 7.42. The molecule has 0 amide bonds. The molecule has 108 valence electrons. The smallest absolute Gasteiger partial charge is 0.0708 e. The maximum Gasteiger partial charge on any atom is 0.0708 e. The van der Waals surface area contributed by atoms with Gasteiger partial charge < -0.3 is 5.73 Å². The quantitative estimate of drug-likeness (QED) is 0.904. The van der Waals surface area contributed by atoms with Crippen LogP contribution in [0.4, 0.5) is 0 Å². The fraction of sp³-hybridized carbons (Fsp3) is 0.500. The van der Waals surface area contributed by atoms with Gasteiger partial charge in [0.05, 0.1) is 5.52 Å². The number of rotatable bonds is 4. The van der Waals surface area contributed by atoms with Crippen molar-refractivity contribution in [1.82, 2.24) is 4.98 Å². The Morgan fingerprint density at radius 2 is 1.90 bits per heavy atom. The maximum absolute atomic E-state index is 5.90. The Bertz CT molecular complexity index is 612. The normalized spacial score (nSPS) is 12.3. The van der Waals surface area contributed by atoms with E-state index in [1.54, 1.807) is 0 Å². The van der Waals surface area contributed by atoms with Gasteiger partial charge in [0.15, 0.2) is 0 Å². The zero-order valence-electron chi connectivity index (χ0n) is 13.3. The molecule has 2 aromatic rings. The zero-order chi connectivity index (χ0) is 14.9. The van der Waals surface area contributed by atoms with Gasteiger partial charge >= 0.3 is 0 Å². The number of benzene rings is 1. The summed E-state index contributed by atoms with van der Waals surface area (Å²) < 4.78 is 0. The molecule has 0 bridgehead atoms. The highest BCUT2D eigenvalue weighted by atomic mass is 14.7. The number of aromatic nitrogens is 1. The Morgan fingerprint density at radius 3 is 2.50 bits per heavy atom. The van der Waals surface area contributed by atoms with Crippen molar-refractivity contribution in [2.75, 3.05) is 6.54 Å². The van der Waals surface area contributed by atoms with E-state index in [1.165, 1.54) is 16.5 Å². The predicted molar refractivity (Wildman–Crippen MR) is 87.1 cm³/mol. The van der Waals surface area contributed by atoms with E-state index in [-0.39, 0.29) is 5.41 Å². The summed E-state index contributed by atoms with van der Waals surface area (Å²) in [7, 11) is 0. The van der Waals surface area contributed by atoms with E-state index in [4.69, 9.17) is 5.73 Å². The molecule has 1 aromatic carbocycles. The molecular weight excluding hydrogens is 244 g/mol. The lowest BCUT2D eigenvalue weighted by atomic mass is 9.84. The van der Waals surface area contributed by atoms with Gasteiger partial charge in [-0.1, -0.05) is 33.8 Å². The Hall–Kier alpha value is -1.41. The second-order valence-electron chi connectivity index (χ2n) is 6.90. The molecule has 0 aliphatic carbocycles. The van der Waals surface area contributed by atoms with E-state index in [1.807, 2.05) is 0 Å². The summed E-state index contributed by atoms with van der Waals surface area (Å²) >= 11 is 0. The topological polar surface area (TPSA) is 38.9 Å². The molecule has 0 atom stereocenters. The minimum Gasteiger partial charge on any atom is -0.330 e. The average molecular weight is 270 g/mol. The van der Waals surface area contributed by atoms with Crippen LogP contribution in [0.3, 0.4) is 0 Å². The van der Waals surface area contributed by atoms with Gasteiger partial charge in [-0.3, -0.25) is 4.98 Å². The Labute approximate surface area is 122 Å². The Kier molecular flexibility index (Phi) is 4.14. The summed E-state index contributed by atoms with van der Waals surface area (Å²) in [6.07, 6.45) is 0.991. The molecule has 1 heterocycles. The monoisotopic (exact) mass is 270 g/mol. The summed E-state index contributed by atoms with van der Waals surface area (Å²) in [5.41, 5.74) is 10.9. The third-order valence-electron chi connectivity index (χ3n) is 3.93. The lowest BCUT2D eigenvalue weighted by Gasteiger charge is -2.23. The van der Waals surface area contributed by atoms with E-state index >= 15 is 0 Å². The minimum atomic E-state index is 0.120. The van der Waals surface area contributed by atoms with Crippen molar-refractivity contribution < 1.29 is 0 Å². The molecule has 2 heteroatoms. The molecule has 2 N–H and O–H groups in total. The average Bonchev–Trinajstić information content (AvgIpc) is 2.37. The van der Waals surface area contributed by atoms with Crippen molar-refractivity contribution >= 4 is 10.9 Å². The summed E-state index contributed by atoms with van der Waals surface area (Å²) in [6, 6.07) is 8.85. The lowest BCUT2D eigenvalue weighted by Crippen LogP contribution is -2.26. The fourth-order valence-electron chi connectivity index (χ4n) is 2.55. The number of nitrogens with zero attached hydrogens (tertiary/aromatic N) is 1. The van der Waals surface area contributed by atoms with Crippen molar-refractivity contribution in [2.24, 2.45) is 11.1 Å². The molecule has 2 rings (SSSR count). The highest BCUT2D eigenvalue weighted by Gasteiger charge is 2.18. The highest BCUT2D eigenvalue weighted by molar-refractivity contribution is 5.83. The first kappa shape index (κ1) is 15.0. The van der Waals surface area contributed by atoms with Gasteiger partial charge in [0, 0.05) is 11.1 Å². The molecule has 0 radical (unpaired) electrons. The van der Waals surface area contributed by atoms with Crippen LogP contribution in [0.25, 0.3) is 10.9 Å². The molecular formula is C18H26N2. The molecule has 0 saturated heterocycles. The van der Waals surface area contributed by atoms with Crippen LogP contribution in [0.1, 0.15) is 50.4 Å².